The fourth-order valence-corrected chi connectivity index (χ4v) is 2.70. The van der Waals surface area contributed by atoms with E-state index in [9.17, 15) is 0 Å². The van der Waals surface area contributed by atoms with Gasteiger partial charge in [-0.05, 0) is 67.8 Å². The number of ether oxygens (including phenoxy) is 1. The van der Waals surface area contributed by atoms with Crippen molar-refractivity contribution in [2.45, 2.75) is 6.54 Å². The topological polar surface area (TPSA) is 21.3 Å². The number of anilines is 1. The Morgan fingerprint density at radius 3 is 2.62 bits per heavy atom. The molecule has 0 heterocycles. The van der Waals surface area contributed by atoms with Crippen LogP contribution in [0, 0.1) is 0 Å². The van der Waals surface area contributed by atoms with Crippen molar-refractivity contribution in [3.8, 4) is 5.75 Å². The largest absolute Gasteiger partial charge is 0.488 e. The number of hydrogen-bond acceptors (Lipinski definition) is 2. The highest BCUT2D eigenvalue weighted by Gasteiger charge is 2.03. The van der Waals surface area contributed by atoms with Crippen LogP contribution in [-0.4, -0.2) is 6.61 Å². The maximum Gasteiger partial charge on any atom is 0.133 e. The molecule has 0 aliphatic heterocycles. The van der Waals surface area contributed by atoms with Crippen LogP contribution < -0.4 is 10.1 Å². The van der Waals surface area contributed by atoms with E-state index in [1.165, 1.54) is 0 Å². The summed E-state index contributed by atoms with van der Waals surface area (Å²) in [6, 6.07) is 11.8. The van der Waals surface area contributed by atoms with E-state index in [4.69, 9.17) is 16.3 Å². The molecule has 21 heavy (non-hydrogen) atoms. The molecule has 5 heteroatoms. The molecule has 110 valence electrons. The average Bonchev–Trinajstić information content (AvgIpc) is 2.47. The lowest BCUT2D eigenvalue weighted by Crippen LogP contribution is -2.00. The molecule has 0 spiro atoms. The molecule has 0 radical (unpaired) electrons. The lowest BCUT2D eigenvalue weighted by Gasteiger charge is -2.10. The summed E-state index contributed by atoms with van der Waals surface area (Å²) < 4.78 is 7.34. The lowest BCUT2D eigenvalue weighted by atomic mass is 10.2. The predicted octanol–water partition coefficient (Wildman–Crippen LogP) is 6.04. The van der Waals surface area contributed by atoms with Crippen LogP contribution in [0.2, 0.25) is 5.02 Å². The zero-order valence-electron chi connectivity index (χ0n) is 11.2. The first-order valence-electron chi connectivity index (χ1n) is 6.31. The zero-order valence-corrected chi connectivity index (χ0v) is 15.1. The Kier molecular flexibility index (Phi) is 6.15. The van der Waals surface area contributed by atoms with Crippen molar-refractivity contribution in [2.24, 2.45) is 0 Å². The van der Waals surface area contributed by atoms with Gasteiger partial charge in [-0.3, -0.25) is 0 Å². The summed E-state index contributed by atoms with van der Waals surface area (Å²) in [6.07, 6.45) is 1.72. The van der Waals surface area contributed by atoms with Crippen molar-refractivity contribution in [1.82, 2.24) is 0 Å². The number of benzene rings is 2. The van der Waals surface area contributed by atoms with Crippen LogP contribution in [0.25, 0.3) is 0 Å². The van der Waals surface area contributed by atoms with Crippen molar-refractivity contribution in [3.63, 3.8) is 0 Å². The minimum absolute atomic E-state index is 0.494. The van der Waals surface area contributed by atoms with E-state index < -0.39 is 0 Å². The average molecular weight is 432 g/mol. The van der Waals surface area contributed by atoms with E-state index in [0.717, 1.165) is 25.9 Å². The van der Waals surface area contributed by atoms with Crippen LogP contribution in [0.4, 0.5) is 5.69 Å². The quantitative estimate of drug-likeness (QED) is 0.563. The Morgan fingerprint density at radius 1 is 1.14 bits per heavy atom. The number of hydrogen-bond donors (Lipinski definition) is 1. The molecular weight excluding hydrogens is 417 g/mol. The second-order valence-electron chi connectivity index (χ2n) is 4.35. The van der Waals surface area contributed by atoms with Crippen LogP contribution >= 0.6 is 43.5 Å². The third kappa shape index (κ3) is 4.77. The monoisotopic (exact) mass is 429 g/mol. The van der Waals surface area contributed by atoms with Gasteiger partial charge in [-0.1, -0.05) is 30.3 Å². The van der Waals surface area contributed by atoms with Gasteiger partial charge in [0, 0.05) is 16.7 Å². The molecule has 0 saturated carbocycles. The van der Waals surface area contributed by atoms with Gasteiger partial charge in [0.25, 0.3) is 0 Å². The molecule has 2 aromatic rings. The highest BCUT2D eigenvalue weighted by molar-refractivity contribution is 9.10. The van der Waals surface area contributed by atoms with Crippen LogP contribution in [0.1, 0.15) is 5.56 Å². The maximum atomic E-state index is 6.07. The second kappa shape index (κ2) is 7.87. The van der Waals surface area contributed by atoms with Crippen molar-refractivity contribution in [2.75, 3.05) is 11.9 Å². The third-order valence-electron chi connectivity index (χ3n) is 2.77. The highest BCUT2D eigenvalue weighted by Crippen LogP contribution is 2.28. The smallest absolute Gasteiger partial charge is 0.133 e. The van der Waals surface area contributed by atoms with Gasteiger partial charge in [0.1, 0.15) is 12.4 Å². The summed E-state index contributed by atoms with van der Waals surface area (Å²) in [4.78, 5) is 0. The first-order valence-corrected chi connectivity index (χ1v) is 8.27. The van der Waals surface area contributed by atoms with Gasteiger partial charge >= 0.3 is 0 Å². The molecule has 2 rings (SSSR count). The van der Waals surface area contributed by atoms with Gasteiger partial charge in [-0.15, -0.1) is 0 Å². The molecule has 0 unspecified atom stereocenters. The number of nitrogens with one attached hydrogen (secondary N) is 1. The van der Waals surface area contributed by atoms with Crippen LogP contribution in [0.3, 0.4) is 0 Å². The fraction of sp³-hybridized carbons (Fsp3) is 0.125. The molecular formula is C16H14Br2ClNO. The van der Waals surface area contributed by atoms with Crippen LogP contribution in [0.15, 0.2) is 58.0 Å². The molecule has 0 aromatic heterocycles. The molecule has 1 N–H and O–H groups in total. The normalized spacial score (nSPS) is 10.2. The predicted molar refractivity (Wildman–Crippen MR) is 96.3 cm³/mol. The van der Waals surface area contributed by atoms with Gasteiger partial charge in [0.15, 0.2) is 0 Å². The van der Waals surface area contributed by atoms with E-state index >= 15 is 0 Å². The third-order valence-corrected chi connectivity index (χ3v) is 4.62. The van der Waals surface area contributed by atoms with Crippen molar-refractivity contribution < 1.29 is 4.74 Å². The minimum Gasteiger partial charge on any atom is -0.488 e. The van der Waals surface area contributed by atoms with Gasteiger partial charge < -0.3 is 10.1 Å². The Labute approximate surface area is 146 Å². The molecule has 2 aromatic carbocycles. The summed E-state index contributed by atoms with van der Waals surface area (Å²) in [6.45, 7) is 4.84. The van der Waals surface area contributed by atoms with Gasteiger partial charge in [0.2, 0.25) is 0 Å². The van der Waals surface area contributed by atoms with E-state index in [1.807, 2.05) is 36.4 Å². The van der Waals surface area contributed by atoms with E-state index in [2.05, 4.69) is 43.8 Å². The van der Waals surface area contributed by atoms with Crippen molar-refractivity contribution in [1.29, 1.82) is 0 Å². The van der Waals surface area contributed by atoms with E-state index in [1.54, 1.807) is 6.08 Å². The summed E-state index contributed by atoms with van der Waals surface area (Å²) in [5, 5.41) is 4.02. The van der Waals surface area contributed by atoms with E-state index in [-0.39, 0.29) is 0 Å². The Bertz CT molecular complexity index is 646. The van der Waals surface area contributed by atoms with Crippen molar-refractivity contribution in [3.05, 3.63) is 68.6 Å². The minimum atomic E-state index is 0.494. The Hall–Kier alpha value is -0.970. The molecule has 0 amide bonds. The summed E-state index contributed by atoms with van der Waals surface area (Å²) in [7, 11) is 0. The standard InChI is InChI=1S/C16H14Br2ClNO/c1-2-7-21-16-6-3-11(8-14(16)18)10-20-12-4-5-13(17)15(19)9-12/h2-6,8-9,20H,1,7,10H2. The summed E-state index contributed by atoms with van der Waals surface area (Å²) in [5.74, 6) is 0.810. The van der Waals surface area contributed by atoms with Crippen LogP contribution in [0.5, 0.6) is 5.75 Å². The van der Waals surface area contributed by atoms with Gasteiger partial charge in [-0.25, -0.2) is 0 Å². The highest BCUT2D eigenvalue weighted by atomic mass is 79.9. The summed E-state index contributed by atoms with van der Waals surface area (Å²) >= 11 is 13.0. The SMILES string of the molecule is C=CCOc1ccc(CNc2ccc(Br)c(Cl)c2)cc1Br. The molecule has 0 bridgehead atoms. The second-order valence-corrected chi connectivity index (χ2v) is 6.46. The fourth-order valence-electron chi connectivity index (χ4n) is 1.73. The molecule has 0 aliphatic carbocycles. The maximum absolute atomic E-state index is 6.07. The molecule has 2 nitrogen and oxygen atoms in total. The van der Waals surface area contributed by atoms with Crippen LogP contribution in [-0.2, 0) is 6.54 Å². The summed E-state index contributed by atoms with van der Waals surface area (Å²) in [5.41, 5.74) is 2.12. The van der Waals surface area contributed by atoms with Crippen molar-refractivity contribution >= 4 is 49.1 Å². The molecule has 0 aliphatic rings. The van der Waals surface area contributed by atoms with E-state index in [0.29, 0.717) is 18.2 Å². The Balaban J connectivity index is 2.01. The molecule has 0 atom stereocenters. The van der Waals surface area contributed by atoms with Gasteiger partial charge in [0.05, 0.1) is 9.50 Å². The lowest BCUT2D eigenvalue weighted by molar-refractivity contribution is 0.361. The molecule has 0 saturated heterocycles. The first kappa shape index (κ1) is 16.4. The van der Waals surface area contributed by atoms with Gasteiger partial charge in [-0.2, -0.15) is 0 Å². The molecule has 0 fully saturated rings. The first-order chi connectivity index (χ1) is 10.1. The number of rotatable bonds is 6. The zero-order chi connectivity index (χ0) is 15.2. The Morgan fingerprint density at radius 2 is 1.95 bits per heavy atom. The number of halogens is 3.